The van der Waals surface area contributed by atoms with Crippen LogP contribution in [0.15, 0.2) is 48.5 Å². The Labute approximate surface area is 156 Å². The van der Waals surface area contributed by atoms with Gasteiger partial charge in [0, 0.05) is 29.2 Å². The van der Waals surface area contributed by atoms with Gasteiger partial charge in [0.05, 0.1) is 6.61 Å². The van der Waals surface area contributed by atoms with Gasteiger partial charge in [-0.05, 0) is 67.3 Å². The van der Waals surface area contributed by atoms with Crippen LogP contribution in [-0.4, -0.2) is 28.2 Å². The molecule has 6 heteroatoms. The van der Waals surface area contributed by atoms with Crippen LogP contribution in [-0.2, 0) is 7.05 Å². The van der Waals surface area contributed by atoms with Gasteiger partial charge in [-0.3, -0.25) is 4.79 Å². The van der Waals surface area contributed by atoms with Gasteiger partial charge in [0.15, 0.2) is 0 Å². The van der Waals surface area contributed by atoms with Gasteiger partial charge in [0.25, 0.3) is 5.91 Å². The summed E-state index contributed by atoms with van der Waals surface area (Å²) in [6.45, 7) is 0.737. The molecule has 0 bridgehead atoms. The number of anilines is 1. The zero-order valence-electron chi connectivity index (χ0n) is 14.9. The monoisotopic (exact) mass is 364 g/mol. The largest absolute Gasteiger partial charge is 0.493 e. The minimum Gasteiger partial charge on any atom is -0.493 e. The first kappa shape index (κ1) is 17.1. The number of rotatable bonds is 6. The summed E-state index contributed by atoms with van der Waals surface area (Å²) < 4.78 is 7.30. The summed E-state index contributed by atoms with van der Waals surface area (Å²) in [7, 11) is 1.71. The predicted molar refractivity (Wildman–Crippen MR) is 102 cm³/mol. The van der Waals surface area contributed by atoms with E-state index in [0.29, 0.717) is 17.2 Å². The zero-order valence-corrected chi connectivity index (χ0v) is 14.9. The van der Waals surface area contributed by atoms with Crippen molar-refractivity contribution in [3.8, 4) is 5.75 Å². The van der Waals surface area contributed by atoms with Crippen LogP contribution >= 0.6 is 0 Å². The quantitative estimate of drug-likeness (QED) is 0.695. The lowest BCUT2D eigenvalue weighted by Gasteiger charge is -2.08. The van der Waals surface area contributed by atoms with Crippen molar-refractivity contribution in [2.75, 3.05) is 11.9 Å². The fraction of sp³-hybridized carbons (Fsp3) is 0.238. The molecule has 0 atom stereocenters. The van der Waals surface area contributed by atoms with Gasteiger partial charge in [0.2, 0.25) is 0 Å². The fourth-order valence-electron chi connectivity index (χ4n) is 3.04. The Morgan fingerprint density at radius 1 is 1.15 bits per heavy atom. The summed E-state index contributed by atoms with van der Waals surface area (Å²) in [6, 6.07) is 14.0. The molecule has 3 aromatic rings. The summed E-state index contributed by atoms with van der Waals surface area (Å²) >= 11 is 0. The van der Waals surface area contributed by atoms with Gasteiger partial charge in [-0.1, -0.05) is 0 Å². The molecule has 1 aromatic heterocycles. The van der Waals surface area contributed by atoms with Crippen molar-refractivity contribution in [3.63, 3.8) is 0 Å². The van der Waals surface area contributed by atoms with E-state index in [1.165, 1.54) is 12.8 Å². The summed E-state index contributed by atoms with van der Waals surface area (Å²) in [5.74, 6) is 0.244. The molecular formula is C21H20N2O4. The highest BCUT2D eigenvalue weighted by atomic mass is 16.5. The number of hydrogen-bond donors (Lipinski definition) is 2. The highest BCUT2D eigenvalue weighted by Gasteiger charge is 2.21. The number of ether oxygens (including phenoxy) is 1. The van der Waals surface area contributed by atoms with Crippen LogP contribution in [0.3, 0.4) is 0 Å². The SMILES string of the molecule is Cn1c(C(=O)O)cc2cc(NC(=O)c3ccc(OCC4CC4)cc3)ccc21. The molecule has 6 nitrogen and oxygen atoms in total. The van der Waals surface area contributed by atoms with Gasteiger partial charge in [-0.2, -0.15) is 0 Å². The first-order chi connectivity index (χ1) is 13.0. The Kier molecular flexibility index (Phi) is 4.32. The number of nitrogens with one attached hydrogen (secondary N) is 1. The third kappa shape index (κ3) is 3.65. The third-order valence-corrected chi connectivity index (χ3v) is 4.82. The number of carbonyl (C=O) groups is 2. The minimum absolute atomic E-state index is 0.204. The number of fused-ring (bicyclic) bond motifs is 1. The summed E-state index contributed by atoms with van der Waals surface area (Å²) in [5, 5.41) is 12.8. The van der Waals surface area contributed by atoms with E-state index >= 15 is 0 Å². The molecule has 138 valence electrons. The molecule has 1 aliphatic carbocycles. The molecule has 0 spiro atoms. The smallest absolute Gasteiger partial charge is 0.352 e. The van der Waals surface area contributed by atoms with Crippen molar-refractivity contribution in [2.24, 2.45) is 13.0 Å². The van der Waals surface area contributed by atoms with Crippen LogP contribution in [0.2, 0.25) is 0 Å². The van der Waals surface area contributed by atoms with Gasteiger partial charge in [-0.15, -0.1) is 0 Å². The molecule has 27 heavy (non-hydrogen) atoms. The number of carboxylic acids is 1. The number of amides is 1. The second kappa shape index (κ2) is 6.79. The number of aromatic nitrogens is 1. The number of nitrogens with zero attached hydrogens (tertiary/aromatic N) is 1. The van der Waals surface area contributed by atoms with Crippen molar-refractivity contribution >= 4 is 28.5 Å². The van der Waals surface area contributed by atoms with Crippen LogP contribution < -0.4 is 10.1 Å². The molecule has 1 heterocycles. The number of aryl methyl sites for hydroxylation is 1. The number of hydrogen-bond acceptors (Lipinski definition) is 3. The Balaban J connectivity index is 1.47. The first-order valence-corrected chi connectivity index (χ1v) is 8.88. The lowest BCUT2D eigenvalue weighted by Crippen LogP contribution is -2.11. The van der Waals surface area contributed by atoms with Gasteiger partial charge in [-0.25, -0.2) is 4.79 Å². The number of aromatic carboxylic acids is 1. The Hall–Kier alpha value is -3.28. The van der Waals surface area contributed by atoms with Gasteiger partial charge >= 0.3 is 5.97 Å². The van der Waals surface area contributed by atoms with E-state index in [2.05, 4.69) is 5.32 Å². The Morgan fingerprint density at radius 2 is 1.89 bits per heavy atom. The third-order valence-electron chi connectivity index (χ3n) is 4.82. The molecule has 0 radical (unpaired) electrons. The maximum Gasteiger partial charge on any atom is 0.352 e. The molecule has 1 saturated carbocycles. The van der Waals surface area contributed by atoms with E-state index in [1.807, 2.05) is 0 Å². The molecule has 0 aliphatic heterocycles. The maximum atomic E-state index is 12.5. The number of benzene rings is 2. The second-order valence-electron chi connectivity index (χ2n) is 6.90. The Bertz CT molecular complexity index is 1020. The standard InChI is InChI=1S/C21H20N2O4/c1-23-18-9-6-16(10-15(18)11-19(23)21(25)26)22-20(24)14-4-7-17(8-5-14)27-12-13-2-3-13/h4-11,13H,2-3,12H2,1H3,(H,22,24)(H,25,26). The molecule has 2 aromatic carbocycles. The average Bonchev–Trinajstić information content (AvgIpc) is 3.43. The Morgan fingerprint density at radius 3 is 2.56 bits per heavy atom. The topological polar surface area (TPSA) is 80.6 Å². The van der Waals surface area contributed by atoms with Gasteiger partial charge < -0.3 is 19.7 Å². The first-order valence-electron chi connectivity index (χ1n) is 8.88. The summed E-state index contributed by atoms with van der Waals surface area (Å²) in [5.41, 5.74) is 2.15. The lowest BCUT2D eigenvalue weighted by molar-refractivity contribution is 0.0687. The van der Waals surface area contributed by atoms with E-state index in [0.717, 1.165) is 23.3 Å². The number of carbonyl (C=O) groups excluding carboxylic acids is 1. The van der Waals surface area contributed by atoms with Crippen molar-refractivity contribution < 1.29 is 19.4 Å². The molecule has 1 amide bonds. The molecule has 2 N–H and O–H groups in total. The normalized spacial score (nSPS) is 13.5. The van der Waals surface area contributed by atoms with Crippen molar-refractivity contribution in [1.29, 1.82) is 0 Å². The van der Waals surface area contributed by atoms with E-state index < -0.39 is 5.97 Å². The van der Waals surface area contributed by atoms with E-state index in [4.69, 9.17) is 4.74 Å². The van der Waals surface area contributed by atoms with E-state index in [1.54, 1.807) is 60.1 Å². The van der Waals surface area contributed by atoms with E-state index in [9.17, 15) is 14.7 Å². The van der Waals surface area contributed by atoms with Crippen LogP contribution in [0.4, 0.5) is 5.69 Å². The van der Waals surface area contributed by atoms with Crippen LogP contribution in [0.5, 0.6) is 5.75 Å². The molecular weight excluding hydrogens is 344 g/mol. The minimum atomic E-state index is -0.983. The lowest BCUT2D eigenvalue weighted by atomic mass is 10.2. The van der Waals surface area contributed by atoms with Crippen LogP contribution in [0, 0.1) is 5.92 Å². The predicted octanol–water partition coefficient (Wildman–Crippen LogP) is 3.92. The molecule has 4 rings (SSSR count). The highest BCUT2D eigenvalue weighted by molar-refractivity contribution is 6.05. The van der Waals surface area contributed by atoms with Crippen LogP contribution in [0.25, 0.3) is 10.9 Å². The maximum absolute atomic E-state index is 12.5. The molecule has 0 unspecified atom stereocenters. The van der Waals surface area contributed by atoms with Crippen molar-refractivity contribution in [1.82, 2.24) is 4.57 Å². The van der Waals surface area contributed by atoms with Crippen molar-refractivity contribution in [2.45, 2.75) is 12.8 Å². The highest BCUT2D eigenvalue weighted by Crippen LogP contribution is 2.29. The molecule has 1 aliphatic rings. The zero-order chi connectivity index (χ0) is 19.0. The summed E-state index contributed by atoms with van der Waals surface area (Å²) in [6.07, 6.45) is 2.47. The molecule has 0 saturated heterocycles. The number of carboxylic acid groups (broad SMARTS) is 1. The average molecular weight is 364 g/mol. The van der Waals surface area contributed by atoms with Crippen molar-refractivity contribution in [3.05, 3.63) is 59.8 Å². The van der Waals surface area contributed by atoms with E-state index in [-0.39, 0.29) is 11.6 Å². The van der Waals surface area contributed by atoms with Gasteiger partial charge in [0.1, 0.15) is 11.4 Å². The fourth-order valence-corrected chi connectivity index (χ4v) is 3.04. The summed E-state index contributed by atoms with van der Waals surface area (Å²) in [4.78, 5) is 23.7. The van der Waals surface area contributed by atoms with Crippen LogP contribution in [0.1, 0.15) is 33.7 Å². The molecule has 1 fully saturated rings. The second-order valence-corrected chi connectivity index (χ2v) is 6.90.